The summed E-state index contributed by atoms with van der Waals surface area (Å²) in [6, 6.07) is 9.18. The fourth-order valence-electron chi connectivity index (χ4n) is 1.68. The van der Waals surface area contributed by atoms with Crippen LogP contribution < -0.4 is 14.9 Å². The second-order valence-electron chi connectivity index (χ2n) is 4.57. The zero-order valence-corrected chi connectivity index (χ0v) is 12.6. The fourth-order valence-corrected chi connectivity index (χ4v) is 1.82. The van der Waals surface area contributed by atoms with Gasteiger partial charge in [-0.2, -0.15) is 0 Å². The minimum Gasteiger partial charge on any atom is -0.493 e. The average Bonchev–Trinajstić information content (AvgIpc) is 2.50. The fraction of sp³-hybridized carbons (Fsp3) is 0.312. The summed E-state index contributed by atoms with van der Waals surface area (Å²) in [4.78, 5) is 11.6. The normalized spacial score (nSPS) is 10.4. The molecule has 1 aromatic heterocycles. The van der Waals surface area contributed by atoms with Gasteiger partial charge in [-0.25, -0.2) is 0 Å². The molecule has 0 fully saturated rings. The monoisotopic (exact) mass is 308 g/mol. The van der Waals surface area contributed by atoms with Gasteiger partial charge in [-0.3, -0.25) is 4.79 Å². The van der Waals surface area contributed by atoms with Gasteiger partial charge in [-0.05, 0) is 19.1 Å². The number of aryl methyl sites for hydroxylation is 1. The largest absolute Gasteiger partial charge is 0.493 e. The van der Waals surface area contributed by atoms with Crippen molar-refractivity contribution in [2.24, 2.45) is 0 Å². The van der Waals surface area contributed by atoms with E-state index >= 15 is 0 Å². The van der Waals surface area contributed by atoms with E-state index in [1.165, 1.54) is 17.9 Å². The minimum atomic E-state index is -0.226. The molecule has 0 radical (unpaired) electrons. The highest BCUT2D eigenvalue weighted by molar-refractivity contribution is 6.16. The van der Waals surface area contributed by atoms with Crippen LogP contribution in [0.5, 0.6) is 11.5 Å². The average molecular weight is 309 g/mol. The van der Waals surface area contributed by atoms with Gasteiger partial charge in [0.05, 0.1) is 19.1 Å². The van der Waals surface area contributed by atoms with Crippen LogP contribution in [0.25, 0.3) is 0 Å². The summed E-state index contributed by atoms with van der Waals surface area (Å²) in [6.45, 7) is 2.93. The maximum absolute atomic E-state index is 11.6. The molecule has 0 N–H and O–H groups in total. The second kappa shape index (κ2) is 7.74. The molecule has 4 nitrogen and oxygen atoms in total. The lowest BCUT2D eigenvalue weighted by molar-refractivity contribution is 0.241. The molecule has 21 heavy (non-hydrogen) atoms. The first-order chi connectivity index (χ1) is 10.2. The van der Waals surface area contributed by atoms with E-state index in [1.54, 1.807) is 0 Å². The molecule has 0 aliphatic rings. The predicted molar refractivity (Wildman–Crippen MR) is 81.3 cm³/mol. The Kier molecular flexibility index (Phi) is 5.69. The van der Waals surface area contributed by atoms with Gasteiger partial charge in [0.1, 0.15) is 17.8 Å². The minimum absolute atomic E-state index is 0.167. The molecule has 0 aliphatic carbocycles. The van der Waals surface area contributed by atoms with Gasteiger partial charge in [-0.15, -0.1) is 11.6 Å². The molecule has 1 heterocycles. The van der Waals surface area contributed by atoms with Crippen molar-refractivity contribution in [2.75, 3.05) is 13.2 Å². The Balaban J connectivity index is 1.72. The molecule has 0 spiro atoms. The number of halogens is 1. The summed E-state index contributed by atoms with van der Waals surface area (Å²) in [5, 5.41) is 0. The van der Waals surface area contributed by atoms with Crippen molar-refractivity contribution in [1.29, 1.82) is 0 Å². The number of hydrogen-bond acceptors (Lipinski definition) is 4. The van der Waals surface area contributed by atoms with Crippen LogP contribution in [0.1, 0.15) is 17.7 Å². The van der Waals surface area contributed by atoms with E-state index in [0.717, 1.165) is 5.75 Å². The Morgan fingerprint density at radius 3 is 2.52 bits per heavy atom. The first-order valence-corrected chi connectivity index (χ1v) is 7.22. The van der Waals surface area contributed by atoms with Gasteiger partial charge >= 0.3 is 0 Å². The van der Waals surface area contributed by atoms with Gasteiger partial charge in [0.2, 0.25) is 11.2 Å². The standard InChI is InChI=1S/C16H17ClO4/c1-12-3-5-13(6-4-12)19-7-2-8-20-16-11-21-14(10-17)9-15(16)18/h3-6,9,11H,2,7-8,10H2,1H3. The highest BCUT2D eigenvalue weighted by Gasteiger charge is 2.04. The number of ether oxygens (including phenoxy) is 2. The van der Waals surface area contributed by atoms with Crippen molar-refractivity contribution in [3.05, 3.63) is 58.1 Å². The topological polar surface area (TPSA) is 48.7 Å². The van der Waals surface area contributed by atoms with E-state index in [4.69, 9.17) is 25.5 Å². The van der Waals surface area contributed by atoms with E-state index in [9.17, 15) is 4.79 Å². The van der Waals surface area contributed by atoms with Gasteiger partial charge in [0.25, 0.3) is 0 Å². The third kappa shape index (κ3) is 4.83. The van der Waals surface area contributed by atoms with Crippen molar-refractivity contribution in [1.82, 2.24) is 0 Å². The molecule has 0 saturated heterocycles. The molecule has 2 aromatic rings. The van der Waals surface area contributed by atoms with E-state index in [0.29, 0.717) is 25.4 Å². The summed E-state index contributed by atoms with van der Waals surface area (Å²) in [5.41, 5.74) is 0.967. The number of alkyl halides is 1. The van der Waals surface area contributed by atoms with Crippen LogP contribution in [0.15, 0.2) is 45.8 Å². The first-order valence-electron chi connectivity index (χ1n) is 6.69. The van der Waals surface area contributed by atoms with Crippen LogP contribution in [0.2, 0.25) is 0 Å². The van der Waals surface area contributed by atoms with Gasteiger partial charge in [-0.1, -0.05) is 17.7 Å². The molecule has 112 valence electrons. The molecule has 0 aliphatic heterocycles. The van der Waals surface area contributed by atoms with E-state index in [1.807, 2.05) is 31.2 Å². The molecular formula is C16H17ClO4. The smallest absolute Gasteiger partial charge is 0.227 e. The summed E-state index contributed by atoms with van der Waals surface area (Å²) >= 11 is 5.57. The van der Waals surface area contributed by atoms with Crippen LogP contribution in [-0.2, 0) is 5.88 Å². The molecule has 0 saturated carbocycles. The van der Waals surface area contributed by atoms with E-state index in [-0.39, 0.29) is 17.1 Å². The molecule has 5 heteroatoms. The van der Waals surface area contributed by atoms with Gasteiger partial charge < -0.3 is 13.9 Å². The number of rotatable bonds is 7. The Morgan fingerprint density at radius 2 is 1.86 bits per heavy atom. The van der Waals surface area contributed by atoms with Crippen LogP contribution in [-0.4, -0.2) is 13.2 Å². The summed E-state index contributed by atoms with van der Waals surface area (Å²) in [5.74, 6) is 1.61. The molecule has 0 atom stereocenters. The van der Waals surface area contributed by atoms with Crippen LogP contribution in [0.4, 0.5) is 0 Å². The third-order valence-corrected chi connectivity index (χ3v) is 3.08. The molecule has 0 unspecified atom stereocenters. The quantitative estimate of drug-likeness (QED) is 0.580. The molecule has 2 rings (SSSR count). The number of hydrogen-bond donors (Lipinski definition) is 0. The Morgan fingerprint density at radius 1 is 1.14 bits per heavy atom. The van der Waals surface area contributed by atoms with Gasteiger partial charge in [0.15, 0.2) is 0 Å². The summed E-state index contributed by atoms with van der Waals surface area (Å²) in [6.07, 6.45) is 1.96. The zero-order valence-electron chi connectivity index (χ0n) is 11.8. The Hall–Kier alpha value is -1.94. The van der Waals surface area contributed by atoms with E-state index < -0.39 is 0 Å². The molecule has 0 bridgehead atoms. The number of benzene rings is 1. The highest BCUT2D eigenvalue weighted by atomic mass is 35.5. The van der Waals surface area contributed by atoms with Crippen molar-refractivity contribution in [3.8, 4) is 11.5 Å². The maximum atomic E-state index is 11.6. The van der Waals surface area contributed by atoms with Crippen molar-refractivity contribution >= 4 is 11.6 Å². The van der Waals surface area contributed by atoms with Crippen molar-refractivity contribution in [3.63, 3.8) is 0 Å². The van der Waals surface area contributed by atoms with Crippen molar-refractivity contribution in [2.45, 2.75) is 19.2 Å². The van der Waals surface area contributed by atoms with E-state index in [2.05, 4.69) is 0 Å². The van der Waals surface area contributed by atoms with Crippen molar-refractivity contribution < 1.29 is 13.9 Å². The predicted octanol–water partition coefficient (Wildman–Crippen LogP) is 3.53. The zero-order chi connectivity index (χ0) is 15.1. The molecule has 1 aromatic carbocycles. The lowest BCUT2D eigenvalue weighted by atomic mass is 10.2. The summed E-state index contributed by atoms with van der Waals surface area (Å²) < 4.78 is 16.1. The highest BCUT2D eigenvalue weighted by Crippen LogP contribution is 2.12. The SMILES string of the molecule is Cc1ccc(OCCCOc2coc(CCl)cc2=O)cc1. The third-order valence-electron chi connectivity index (χ3n) is 2.82. The lowest BCUT2D eigenvalue weighted by Gasteiger charge is -2.07. The second-order valence-corrected chi connectivity index (χ2v) is 4.84. The van der Waals surface area contributed by atoms with Crippen LogP contribution >= 0.6 is 11.6 Å². The lowest BCUT2D eigenvalue weighted by Crippen LogP contribution is -2.11. The van der Waals surface area contributed by atoms with Crippen LogP contribution in [0, 0.1) is 6.92 Å². The Bertz CT molecular complexity index is 619. The van der Waals surface area contributed by atoms with Gasteiger partial charge in [0, 0.05) is 12.5 Å². The Labute approximate surface area is 128 Å². The summed E-state index contributed by atoms with van der Waals surface area (Å²) in [7, 11) is 0. The first kappa shape index (κ1) is 15.4. The molecular weight excluding hydrogens is 292 g/mol. The maximum Gasteiger partial charge on any atom is 0.227 e. The molecule has 0 amide bonds. The van der Waals surface area contributed by atoms with Crippen LogP contribution in [0.3, 0.4) is 0 Å².